The summed E-state index contributed by atoms with van der Waals surface area (Å²) in [4.78, 5) is 25.4. The minimum absolute atomic E-state index is 0.0348. The fourth-order valence-electron chi connectivity index (χ4n) is 6.28. The van der Waals surface area contributed by atoms with Crippen LogP contribution in [0.1, 0.15) is 201 Å². The van der Waals surface area contributed by atoms with Crippen LogP contribution in [-0.2, 0) is 23.8 Å². The smallest absolute Gasteiger partial charge is 0.306 e. The van der Waals surface area contributed by atoms with Gasteiger partial charge in [0.15, 0.2) is 6.10 Å². The number of hydrogen-bond acceptors (Lipinski definition) is 5. The summed E-state index contributed by atoms with van der Waals surface area (Å²) < 4.78 is 17.3. The fraction of sp³-hybridized carbons (Fsp3) is 0.614. The first-order valence-electron chi connectivity index (χ1n) is 25.1. The van der Waals surface area contributed by atoms with Gasteiger partial charge in [0.25, 0.3) is 0 Å². The summed E-state index contributed by atoms with van der Waals surface area (Å²) in [6, 6.07) is 0. The molecule has 5 nitrogen and oxygen atoms in total. The maximum atomic E-state index is 12.8. The Bertz CT molecular complexity index is 1290. The largest absolute Gasteiger partial charge is 0.462 e. The van der Waals surface area contributed by atoms with Crippen LogP contribution in [0, 0.1) is 0 Å². The molecule has 0 amide bonds. The topological polar surface area (TPSA) is 61.8 Å². The molecule has 0 heterocycles. The third kappa shape index (κ3) is 49.0. The van der Waals surface area contributed by atoms with Crippen molar-refractivity contribution >= 4 is 11.9 Å². The van der Waals surface area contributed by atoms with Crippen LogP contribution in [0.5, 0.6) is 0 Å². The molecule has 350 valence electrons. The van der Waals surface area contributed by atoms with Crippen LogP contribution in [0.15, 0.2) is 122 Å². The highest BCUT2D eigenvalue weighted by Gasteiger charge is 2.17. The molecule has 0 aromatic carbocycles. The van der Waals surface area contributed by atoms with Gasteiger partial charge in [0.05, 0.1) is 6.61 Å². The van der Waals surface area contributed by atoms with Crippen molar-refractivity contribution in [2.45, 2.75) is 207 Å². The van der Waals surface area contributed by atoms with Crippen LogP contribution < -0.4 is 0 Å². The molecule has 0 saturated heterocycles. The Balaban J connectivity index is 4.46. The molecule has 0 aliphatic heterocycles. The van der Waals surface area contributed by atoms with Crippen molar-refractivity contribution in [2.24, 2.45) is 0 Å². The minimum atomic E-state index is -0.588. The molecule has 0 spiro atoms. The molecule has 0 aromatic heterocycles. The highest BCUT2D eigenvalue weighted by Crippen LogP contribution is 2.11. The predicted octanol–water partition coefficient (Wildman–Crippen LogP) is 17.0. The average Bonchev–Trinajstić information content (AvgIpc) is 3.27. The van der Waals surface area contributed by atoms with Crippen molar-refractivity contribution < 1.29 is 23.8 Å². The van der Waals surface area contributed by atoms with Gasteiger partial charge in [-0.3, -0.25) is 9.59 Å². The highest BCUT2D eigenvalue weighted by atomic mass is 16.6. The van der Waals surface area contributed by atoms with E-state index in [2.05, 4.69) is 142 Å². The summed E-state index contributed by atoms with van der Waals surface area (Å²) >= 11 is 0. The molecular formula is C57H92O5. The maximum absolute atomic E-state index is 12.8. The maximum Gasteiger partial charge on any atom is 0.306 e. The lowest BCUT2D eigenvalue weighted by Gasteiger charge is -2.18. The first-order valence-corrected chi connectivity index (χ1v) is 25.1. The standard InChI is InChI=1S/C57H92O5/c1-4-7-10-13-16-19-22-25-28-31-34-37-40-43-46-49-52-60-53-55(62-57(59)51-48-45-42-39-36-33-30-27-24-21-18-15-12-9-6-3)54-61-56(58)50-47-44-41-38-35-32-29-26-23-20-17-14-11-8-5-2/h8-9,11-12,16-21,25-30,35-36,38-39,55H,4-7,10,13-15,22-24,31-34,37,40-54H2,1-3H3/b11-8-,12-9-,19-16-,20-17-,21-18-,28-25-,29-26-,30-27-,38-35-,39-36-. The van der Waals surface area contributed by atoms with Gasteiger partial charge in [-0.25, -0.2) is 0 Å². The van der Waals surface area contributed by atoms with E-state index < -0.39 is 6.10 Å². The Hall–Kier alpha value is -3.70. The van der Waals surface area contributed by atoms with Crippen LogP contribution in [0.2, 0.25) is 0 Å². The molecule has 0 aromatic rings. The van der Waals surface area contributed by atoms with Crippen LogP contribution in [-0.4, -0.2) is 37.9 Å². The molecule has 1 unspecified atom stereocenters. The molecule has 0 aliphatic rings. The second-order valence-electron chi connectivity index (χ2n) is 15.9. The molecule has 0 rings (SSSR count). The number of ether oxygens (including phenoxy) is 3. The van der Waals surface area contributed by atoms with Gasteiger partial charge in [-0.15, -0.1) is 0 Å². The van der Waals surface area contributed by atoms with E-state index in [0.29, 0.717) is 19.4 Å². The first-order chi connectivity index (χ1) is 30.6. The van der Waals surface area contributed by atoms with E-state index in [1.165, 1.54) is 51.4 Å². The Kier molecular flexibility index (Phi) is 48.6. The minimum Gasteiger partial charge on any atom is -0.462 e. The van der Waals surface area contributed by atoms with Gasteiger partial charge < -0.3 is 14.2 Å². The average molecular weight is 857 g/mol. The number of hydrogen-bond donors (Lipinski definition) is 0. The Morgan fingerprint density at radius 3 is 1.16 bits per heavy atom. The number of esters is 2. The molecular weight excluding hydrogens is 765 g/mol. The van der Waals surface area contributed by atoms with E-state index in [4.69, 9.17) is 14.2 Å². The summed E-state index contributed by atoms with van der Waals surface area (Å²) in [6.45, 7) is 7.44. The Morgan fingerprint density at radius 1 is 0.371 bits per heavy atom. The van der Waals surface area contributed by atoms with Gasteiger partial charge in [0, 0.05) is 19.4 Å². The number of unbranched alkanes of at least 4 members (excludes halogenated alkanes) is 13. The summed E-state index contributed by atoms with van der Waals surface area (Å²) in [5.41, 5.74) is 0. The highest BCUT2D eigenvalue weighted by molar-refractivity contribution is 5.70. The van der Waals surface area contributed by atoms with Gasteiger partial charge >= 0.3 is 11.9 Å². The van der Waals surface area contributed by atoms with Crippen molar-refractivity contribution in [3.05, 3.63) is 122 Å². The van der Waals surface area contributed by atoms with E-state index in [1.807, 2.05) is 0 Å². The van der Waals surface area contributed by atoms with Crippen molar-refractivity contribution in [1.29, 1.82) is 0 Å². The van der Waals surface area contributed by atoms with E-state index in [0.717, 1.165) is 116 Å². The fourth-order valence-corrected chi connectivity index (χ4v) is 6.28. The van der Waals surface area contributed by atoms with E-state index in [1.54, 1.807) is 0 Å². The van der Waals surface area contributed by atoms with Crippen LogP contribution in [0.4, 0.5) is 0 Å². The lowest BCUT2D eigenvalue weighted by molar-refractivity contribution is -0.163. The SMILES string of the molecule is CC/C=C\C/C=C\C/C=C\C/C=C\CCCCC(=O)OCC(COCCCCCCCC/C=C\C/C=C\CCCCC)OC(=O)CCCC/C=C\C/C=C\C/C=C\C/C=C\CC. The third-order valence-electron chi connectivity index (χ3n) is 9.96. The molecule has 0 aliphatic carbocycles. The third-order valence-corrected chi connectivity index (χ3v) is 9.96. The zero-order valence-electron chi connectivity index (χ0n) is 40.1. The molecule has 1 atom stereocenters. The quantitative estimate of drug-likeness (QED) is 0.0347. The molecule has 5 heteroatoms. The van der Waals surface area contributed by atoms with Crippen molar-refractivity contribution in [1.82, 2.24) is 0 Å². The van der Waals surface area contributed by atoms with Crippen molar-refractivity contribution in [2.75, 3.05) is 19.8 Å². The van der Waals surface area contributed by atoms with Crippen LogP contribution >= 0.6 is 0 Å². The molecule has 0 saturated carbocycles. The molecule has 62 heavy (non-hydrogen) atoms. The summed E-state index contributed by atoms with van der Waals surface area (Å²) in [5.74, 6) is -0.509. The van der Waals surface area contributed by atoms with Crippen LogP contribution in [0.25, 0.3) is 0 Å². The molecule has 0 bridgehead atoms. The van der Waals surface area contributed by atoms with Gasteiger partial charge in [-0.1, -0.05) is 181 Å². The van der Waals surface area contributed by atoms with Gasteiger partial charge in [-0.2, -0.15) is 0 Å². The molecule has 0 fully saturated rings. The van der Waals surface area contributed by atoms with E-state index in [9.17, 15) is 9.59 Å². The van der Waals surface area contributed by atoms with Crippen molar-refractivity contribution in [3.63, 3.8) is 0 Å². The lowest BCUT2D eigenvalue weighted by Crippen LogP contribution is -2.30. The second-order valence-corrected chi connectivity index (χ2v) is 15.9. The van der Waals surface area contributed by atoms with Crippen molar-refractivity contribution in [3.8, 4) is 0 Å². The number of rotatable bonds is 44. The van der Waals surface area contributed by atoms with E-state index >= 15 is 0 Å². The lowest BCUT2D eigenvalue weighted by atomic mass is 10.1. The Morgan fingerprint density at radius 2 is 0.726 bits per heavy atom. The number of carbonyl (C=O) groups is 2. The number of allylic oxidation sites excluding steroid dienone is 20. The summed E-state index contributed by atoms with van der Waals surface area (Å²) in [5, 5.41) is 0. The summed E-state index contributed by atoms with van der Waals surface area (Å²) in [7, 11) is 0. The van der Waals surface area contributed by atoms with Gasteiger partial charge in [0.1, 0.15) is 6.61 Å². The van der Waals surface area contributed by atoms with Crippen LogP contribution in [0.3, 0.4) is 0 Å². The monoisotopic (exact) mass is 857 g/mol. The number of carbonyl (C=O) groups excluding carboxylic acids is 2. The predicted molar refractivity (Wildman–Crippen MR) is 269 cm³/mol. The van der Waals surface area contributed by atoms with Gasteiger partial charge in [-0.05, 0) is 128 Å². The Labute approximate surface area is 382 Å². The summed E-state index contributed by atoms with van der Waals surface area (Å²) in [6.07, 6.45) is 72.1. The zero-order valence-corrected chi connectivity index (χ0v) is 40.1. The molecule has 0 radical (unpaired) electrons. The molecule has 0 N–H and O–H groups in total. The zero-order chi connectivity index (χ0) is 44.9. The van der Waals surface area contributed by atoms with Gasteiger partial charge in [0.2, 0.25) is 0 Å². The first kappa shape index (κ1) is 58.3. The van der Waals surface area contributed by atoms with E-state index in [-0.39, 0.29) is 25.2 Å². The normalized spacial score (nSPS) is 13.3. The second kappa shape index (κ2) is 51.6.